The standard InChI is InChI=1S/C18H28N2O/c1-2-21-18-12-6-5-10-17(18)20-16-9-4-3-8-14(16)15-11-7-13-19-15/h5-6,10,12,14-16,19-20H,2-4,7-9,11,13H2,1H3. The summed E-state index contributed by atoms with van der Waals surface area (Å²) in [5, 5.41) is 7.51. The lowest BCUT2D eigenvalue weighted by Crippen LogP contribution is -2.43. The van der Waals surface area contributed by atoms with Gasteiger partial charge < -0.3 is 15.4 Å². The second kappa shape index (κ2) is 7.17. The van der Waals surface area contributed by atoms with Crippen molar-refractivity contribution >= 4 is 5.69 Å². The van der Waals surface area contributed by atoms with Gasteiger partial charge in [-0.2, -0.15) is 0 Å². The van der Waals surface area contributed by atoms with Crippen molar-refractivity contribution in [2.75, 3.05) is 18.5 Å². The molecule has 0 radical (unpaired) electrons. The average Bonchev–Trinajstić information content (AvgIpc) is 3.04. The number of hydrogen-bond donors (Lipinski definition) is 2. The lowest BCUT2D eigenvalue weighted by Gasteiger charge is -2.37. The zero-order valence-electron chi connectivity index (χ0n) is 13.1. The van der Waals surface area contributed by atoms with Crippen LogP contribution in [0.4, 0.5) is 5.69 Å². The summed E-state index contributed by atoms with van der Waals surface area (Å²) in [4.78, 5) is 0. The van der Waals surface area contributed by atoms with Gasteiger partial charge in [-0.05, 0) is 57.2 Å². The molecule has 21 heavy (non-hydrogen) atoms. The number of ether oxygens (including phenoxy) is 1. The molecule has 0 amide bonds. The van der Waals surface area contributed by atoms with E-state index < -0.39 is 0 Å². The van der Waals surface area contributed by atoms with E-state index in [0.717, 1.165) is 24.0 Å². The number of anilines is 1. The third kappa shape index (κ3) is 3.52. The highest BCUT2D eigenvalue weighted by Crippen LogP contribution is 2.34. The summed E-state index contributed by atoms with van der Waals surface area (Å²) >= 11 is 0. The van der Waals surface area contributed by atoms with Crippen molar-refractivity contribution in [2.24, 2.45) is 5.92 Å². The van der Waals surface area contributed by atoms with E-state index in [0.29, 0.717) is 12.1 Å². The number of hydrogen-bond acceptors (Lipinski definition) is 3. The number of rotatable bonds is 5. The van der Waals surface area contributed by atoms with E-state index in [4.69, 9.17) is 4.74 Å². The molecule has 2 aliphatic rings. The molecular formula is C18H28N2O. The van der Waals surface area contributed by atoms with Crippen LogP contribution in [0.15, 0.2) is 24.3 Å². The van der Waals surface area contributed by atoms with Gasteiger partial charge in [-0.15, -0.1) is 0 Å². The molecule has 2 fully saturated rings. The van der Waals surface area contributed by atoms with E-state index in [1.54, 1.807) is 0 Å². The van der Waals surface area contributed by atoms with Gasteiger partial charge >= 0.3 is 0 Å². The Hall–Kier alpha value is -1.22. The fraction of sp³-hybridized carbons (Fsp3) is 0.667. The normalized spacial score (nSPS) is 29.3. The zero-order valence-corrected chi connectivity index (χ0v) is 13.1. The fourth-order valence-electron chi connectivity index (χ4n) is 3.96. The predicted molar refractivity (Wildman–Crippen MR) is 88.0 cm³/mol. The van der Waals surface area contributed by atoms with E-state index >= 15 is 0 Å². The van der Waals surface area contributed by atoms with Gasteiger partial charge in [0.15, 0.2) is 0 Å². The van der Waals surface area contributed by atoms with Gasteiger partial charge in [-0.25, -0.2) is 0 Å². The van der Waals surface area contributed by atoms with Crippen molar-refractivity contribution < 1.29 is 4.74 Å². The Morgan fingerprint density at radius 3 is 2.81 bits per heavy atom. The lowest BCUT2D eigenvalue weighted by atomic mass is 9.79. The molecule has 1 saturated carbocycles. The van der Waals surface area contributed by atoms with Crippen molar-refractivity contribution in [2.45, 2.75) is 57.5 Å². The van der Waals surface area contributed by atoms with Crippen LogP contribution in [0, 0.1) is 5.92 Å². The largest absolute Gasteiger partial charge is 0.492 e. The maximum atomic E-state index is 5.76. The summed E-state index contributed by atoms with van der Waals surface area (Å²) in [5.74, 6) is 1.75. The fourth-order valence-corrected chi connectivity index (χ4v) is 3.96. The maximum Gasteiger partial charge on any atom is 0.142 e. The molecule has 116 valence electrons. The molecule has 1 aliphatic heterocycles. The number of benzene rings is 1. The minimum Gasteiger partial charge on any atom is -0.492 e. The smallest absolute Gasteiger partial charge is 0.142 e. The molecule has 1 aliphatic carbocycles. The zero-order chi connectivity index (χ0) is 14.5. The number of nitrogens with one attached hydrogen (secondary N) is 2. The van der Waals surface area contributed by atoms with Crippen LogP contribution in [0.5, 0.6) is 5.75 Å². The predicted octanol–water partition coefficient (Wildman–Crippen LogP) is 3.81. The van der Waals surface area contributed by atoms with Crippen molar-refractivity contribution in [1.29, 1.82) is 0 Å². The molecule has 1 aromatic carbocycles. The first-order valence-electron chi connectivity index (χ1n) is 8.60. The van der Waals surface area contributed by atoms with Gasteiger partial charge in [0.2, 0.25) is 0 Å². The van der Waals surface area contributed by atoms with Crippen LogP contribution in [0.2, 0.25) is 0 Å². The van der Waals surface area contributed by atoms with Crippen molar-refractivity contribution in [1.82, 2.24) is 5.32 Å². The second-order valence-electron chi connectivity index (χ2n) is 6.33. The van der Waals surface area contributed by atoms with E-state index in [9.17, 15) is 0 Å². The highest BCUT2D eigenvalue weighted by Gasteiger charge is 2.33. The van der Waals surface area contributed by atoms with Crippen LogP contribution >= 0.6 is 0 Å². The van der Waals surface area contributed by atoms with Crippen LogP contribution in [-0.4, -0.2) is 25.2 Å². The summed E-state index contributed by atoms with van der Waals surface area (Å²) < 4.78 is 5.76. The van der Waals surface area contributed by atoms with Crippen LogP contribution in [0.3, 0.4) is 0 Å². The Morgan fingerprint density at radius 2 is 2.00 bits per heavy atom. The molecule has 3 nitrogen and oxygen atoms in total. The summed E-state index contributed by atoms with van der Waals surface area (Å²) in [7, 11) is 0. The van der Waals surface area contributed by atoms with Gasteiger partial charge in [0.25, 0.3) is 0 Å². The van der Waals surface area contributed by atoms with Crippen LogP contribution < -0.4 is 15.4 Å². The molecular weight excluding hydrogens is 260 g/mol. The number of para-hydroxylation sites is 2. The van der Waals surface area contributed by atoms with Crippen LogP contribution in [0.25, 0.3) is 0 Å². The van der Waals surface area contributed by atoms with Crippen LogP contribution in [0.1, 0.15) is 45.4 Å². The lowest BCUT2D eigenvalue weighted by molar-refractivity contribution is 0.261. The Bertz CT molecular complexity index is 443. The van der Waals surface area contributed by atoms with Crippen molar-refractivity contribution in [3.05, 3.63) is 24.3 Å². The minimum atomic E-state index is 0.580. The van der Waals surface area contributed by atoms with E-state index in [-0.39, 0.29) is 0 Å². The highest BCUT2D eigenvalue weighted by molar-refractivity contribution is 5.56. The molecule has 1 heterocycles. The molecule has 0 spiro atoms. The van der Waals surface area contributed by atoms with Gasteiger partial charge in [0.1, 0.15) is 5.75 Å². The molecule has 3 heteroatoms. The second-order valence-corrected chi connectivity index (χ2v) is 6.33. The Balaban J connectivity index is 1.72. The summed E-state index contributed by atoms with van der Waals surface area (Å²) in [6.45, 7) is 3.96. The van der Waals surface area contributed by atoms with E-state index in [1.807, 2.05) is 13.0 Å². The maximum absolute atomic E-state index is 5.76. The SMILES string of the molecule is CCOc1ccccc1NC1CCCCC1C1CCCN1. The first-order valence-corrected chi connectivity index (χ1v) is 8.60. The molecule has 0 bridgehead atoms. The summed E-state index contributed by atoms with van der Waals surface area (Å²) in [6.07, 6.45) is 8.04. The van der Waals surface area contributed by atoms with Crippen LogP contribution in [-0.2, 0) is 0 Å². The summed E-state index contributed by atoms with van der Waals surface area (Å²) in [5.41, 5.74) is 1.16. The first kappa shape index (κ1) is 14.7. The quantitative estimate of drug-likeness (QED) is 0.864. The Morgan fingerprint density at radius 1 is 1.14 bits per heavy atom. The molecule has 1 saturated heterocycles. The molecule has 2 N–H and O–H groups in total. The third-order valence-electron chi connectivity index (χ3n) is 4.96. The average molecular weight is 288 g/mol. The van der Waals surface area contributed by atoms with Gasteiger partial charge in [-0.1, -0.05) is 25.0 Å². The Kier molecular flexibility index (Phi) is 5.02. The van der Waals surface area contributed by atoms with Gasteiger partial charge in [0.05, 0.1) is 12.3 Å². The topological polar surface area (TPSA) is 33.3 Å². The molecule has 0 aromatic heterocycles. The van der Waals surface area contributed by atoms with Crippen molar-refractivity contribution in [3.8, 4) is 5.75 Å². The van der Waals surface area contributed by atoms with E-state index in [2.05, 4.69) is 28.8 Å². The molecule has 3 unspecified atom stereocenters. The van der Waals surface area contributed by atoms with Gasteiger partial charge in [-0.3, -0.25) is 0 Å². The monoisotopic (exact) mass is 288 g/mol. The molecule has 1 aromatic rings. The Labute approximate surface area is 128 Å². The highest BCUT2D eigenvalue weighted by atomic mass is 16.5. The van der Waals surface area contributed by atoms with Gasteiger partial charge in [0, 0.05) is 12.1 Å². The molecule has 3 rings (SSSR count). The molecule has 3 atom stereocenters. The first-order chi connectivity index (χ1) is 10.4. The van der Waals surface area contributed by atoms with Crippen molar-refractivity contribution in [3.63, 3.8) is 0 Å². The third-order valence-corrected chi connectivity index (χ3v) is 4.96. The summed E-state index contributed by atoms with van der Waals surface area (Å²) in [6, 6.07) is 9.65. The minimum absolute atomic E-state index is 0.580. The van der Waals surface area contributed by atoms with E-state index in [1.165, 1.54) is 45.1 Å².